The molecule has 0 spiro atoms. The smallest absolute Gasteiger partial charge is 0.319 e. The minimum absolute atomic E-state index is 0.201. The fourth-order valence-corrected chi connectivity index (χ4v) is 4.60. The standard InChI is InChI=1S/C30H30N6O3/c1-3-27(37)32-24-8-4-6-21(18-24)26-9-5-7-22-19-31-30(34-29(22)26)33-23-10-12-25(13-11-23)36-16-14-35(15-17-36)20-28(38)39-2/h3-13,18-19H,1,14-17,20H2,2H3,(H,32,37)(H,31,33,34). The first-order chi connectivity index (χ1) is 19.0. The normalized spacial score (nSPS) is 13.6. The number of esters is 1. The molecule has 1 amide bonds. The van der Waals surface area contributed by atoms with Crippen LogP contribution >= 0.6 is 0 Å². The van der Waals surface area contributed by atoms with Gasteiger partial charge in [-0.15, -0.1) is 0 Å². The van der Waals surface area contributed by atoms with Gasteiger partial charge in [0.2, 0.25) is 11.9 Å². The maximum absolute atomic E-state index is 11.8. The molecule has 2 heterocycles. The molecular weight excluding hydrogens is 492 g/mol. The quantitative estimate of drug-likeness (QED) is 0.259. The van der Waals surface area contributed by atoms with Gasteiger partial charge in [0.25, 0.3) is 0 Å². The Balaban J connectivity index is 1.30. The van der Waals surface area contributed by atoms with Crippen molar-refractivity contribution in [2.24, 2.45) is 0 Å². The topological polar surface area (TPSA) is 99.7 Å². The molecule has 1 saturated heterocycles. The van der Waals surface area contributed by atoms with Gasteiger partial charge in [-0.1, -0.05) is 36.9 Å². The van der Waals surface area contributed by atoms with Gasteiger partial charge in [0, 0.05) is 60.4 Å². The van der Waals surface area contributed by atoms with E-state index in [9.17, 15) is 9.59 Å². The van der Waals surface area contributed by atoms with E-state index in [2.05, 4.69) is 44.1 Å². The average molecular weight is 523 g/mol. The predicted molar refractivity (Wildman–Crippen MR) is 154 cm³/mol. The Kier molecular flexibility index (Phi) is 7.79. The molecule has 0 aliphatic carbocycles. The van der Waals surface area contributed by atoms with Gasteiger partial charge in [-0.3, -0.25) is 14.5 Å². The fraction of sp³-hybridized carbons (Fsp3) is 0.200. The van der Waals surface area contributed by atoms with E-state index < -0.39 is 0 Å². The number of rotatable bonds is 8. The maximum Gasteiger partial charge on any atom is 0.319 e. The molecule has 1 aliphatic rings. The van der Waals surface area contributed by atoms with Gasteiger partial charge in [-0.05, 0) is 48.0 Å². The molecule has 39 heavy (non-hydrogen) atoms. The number of nitrogens with zero attached hydrogens (tertiary/aromatic N) is 4. The maximum atomic E-state index is 11.8. The monoisotopic (exact) mass is 522 g/mol. The number of hydrogen-bond donors (Lipinski definition) is 2. The number of anilines is 4. The van der Waals surface area contributed by atoms with Crippen molar-refractivity contribution in [3.63, 3.8) is 0 Å². The Labute approximate surface area is 227 Å². The Morgan fingerprint density at radius 1 is 1.00 bits per heavy atom. The average Bonchev–Trinajstić information content (AvgIpc) is 2.97. The second-order valence-electron chi connectivity index (χ2n) is 9.22. The lowest BCUT2D eigenvalue weighted by Crippen LogP contribution is -2.48. The Hall–Kier alpha value is -4.76. The largest absolute Gasteiger partial charge is 0.468 e. The van der Waals surface area contributed by atoms with Crippen LogP contribution in [0.3, 0.4) is 0 Å². The SMILES string of the molecule is C=CC(=O)Nc1cccc(-c2cccc3cnc(Nc4ccc(N5CCN(CC(=O)OC)CC5)cc4)nc23)c1. The second-order valence-corrected chi connectivity index (χ2v) is 9.22. The third-order valence-corrected chi connectivity index (χ3v) is 6.68. The molecule has 9 nitrogen and oxygen atoms in total. The van der Waals surface area contributed by atoms with Crippen LogP contribution in [0.25, 0.3) is 22.0 Å². The molecule has 9 heteroatoms. The van der Waals surface area contributed by atoms with E-state index in [1.165, 1.54) is 13.2 Å². The van der Waals surface area contributed by atoms with Crippen molar-refractivity contribution >= 4 is 45.8 Å². The van der Waals surface area contributed by atoms with Crippen LogP contribution in [0, 0.1) is 0 Å². The van der Waals surface area contributed by atoms with Crippen LogP contribution in [-0.4, -0.2) is 66.6 Å². The van der Waals surface area contributed by atoms with Crippen LogP contribution in [-0.2, 0) is 14.3 Å². The van der Waals surface area contributed by atoms with Crippen LogP contribution < -0.4 is 15.5 Å². The first-order valence-corrected chi connectivity index (χ1v) is 12.7. The second kappa shape index (κ2) is 11.7. The first kappa shape index (κ1) is 25.9. The molecule has 198 valence electrons. The van der Waals surface area contributed by atoms with E-state index >= 15 is 0 Å². The number of fused-ring (bicyclic) bond motifs is 1. The zero-order chi connectivity index (χ0) is 27.2. The summed E-state index contributed by atoms with van der Waals surface area (Å²) in [5.41, 5.74) is 5.38. The van der Waals surface area contributed by atoms with Gasteiger partial charge >= 0.3 is 5.97 Å². The number of ether oxygens (including phenoxy) is 1. The molecule has 1 fully saturated rings. The number of carbonyl (C=O) groups excluding carboxylic acids is 2. The molecule has 0 saturated carbocycles. The van der Waals surface area contributed by atoms with E-state index in [0.717, 1.165) is 59.6 Å². The van der Waals surface area contributed by atoms with E-state index in [0.29, 0.717) is 18.2 Å². The number of amides is 1. The molecule has 1 aromatic heterocycles. The number of aromatic nitrogens is 2. The number of hydrogen-bond acceptors (Lipinski definition) is 8. The summed E-state index contributed by atoms with van der Waals surface area (Å²) in [6.45, 7) is 7.16. The van der Waals surface area contributed by atoms with Gasteiger partial charge < -0.3 is 20.3 Å². The van der Waals surface area contributed by atoms with Crippen LogP contribution in [0.15, 0.2) is 85.6 Å². The highest BCUT2D eigenvalue weighted by atomic mass is 16.5. The van der Waals surface area contributed by atoms with Gasteiger partial charge in [-0.2, -0.15) is 0 Å². The van der Waals surface area contributed by atoms with E-state index in [-0.39, 0.29) is 11.9 Å². The summed E-state index contributed by atoms with van der Waals surface area (Å²) in [5, 5.41) is 7.04. The summed E-state index contributed by atoms with van der Waals surface area (Å²) >= 11 is 0. The van der Waals surface area contributed by atoms with Crippen LogP contribution in [0.5, 0.6) is 0 Å². The molecule has 0 atom stereocenters. The number of benzene rings is 3. The van der Waals surface area contributed by atoms with E-state index in [1.54, 1.807) is 6.20 Å². The van der Waals surface area contributed by atoms with Crippen molar-refractivity contribution in [2.45, 2.75) is 0 Å². The summed E-state index contributed by atoms with van der Waals surface area (Å²) in [5.74, 6) is 0.0356. The summed E-state index contributed by atoms with van der Waals surface area (Å²) in [6, 6.07) is 21.8. The summed E-state index contributed by atoms with van der Waals surface area (Å²) < 4.78 is 4.77. The van der Waals surface area contributed by atoms with Crippen LogP contribution in [0.1, 0.15) is 0 Å². The van der Waals surface area contributed by atoms with Gasteiger partial charge in [0.1, 0.15) is 0 Å². The molecule has 4 aromatic rings. The molecular formula is C30H30N6O3. The van der Waals surface area contributed by atoms with E-state index in [4.69, 9.17) is 9.72 Å². The van der Waals surface area contributed by atoms with Crippen molar-refractivity contribution in [2.75, 3.05) is 55.4 Å². The predicted octanol–water partition coefficient (Wildman–Crippen LogP) is 4.46. The van der Waals surface area contributed by atoms with Gasteiger partial charge in [-0.25, -0.2) is 9.97 Å². The number of nitrogens with one attached hydrogen (secondary N) is 2. The zero-order valence-corrected chi connectivity index (χ0v) is 21.8. The first-order valence-electron chi connectivity index (χ1n) is 12.7. The lowest BCUT2D eigenvalue weighted by Gasteiger charge is -2.35. The Bertz CT molecular complexity index is 1500. The highest BCUT2D eigenvalue weighted by Gasteiger charge is 2.19. The van der Waals surface area contributed by atoms with Crippen molar-refractivity contribution in [1.82, 2.24) is 14.9 Å². The minimum atomic E-state index is -0.259. The molecule has 3 aromatic carbocycles. The summed E-state index contributed by atoms with van der Waals surface area (Å²) in [6.07, 6.45) is 3.05. The van der Waals surface area contributed by atoms with Crippen molar-refractivity contribution in [1.29, 1.82) is 0 Å². The molecule has 0 unspecified atom stereocenters. The lowest BCUT2D eigenvalue weighted by molar-refractivity contribution is -0.142. The fourth-order valence-electron chi connectivity index (χ4n) is 4.60. The summed E-state index contributed by atoms with van der Waals surface area (Å²) in [4.78, 5) is 37.0. The molecule has 5 rings (SSSR count). The lowest BCUT2D eigenvalue weighted by atomic mass is 10.0. The van der Waals surface area contributed by atoms with Crippen molar-refractivity contribution in [3.8, 4) is 11.1 Å². The molecule has 2 N–H and O–H groups in total. The highest BCUT2D eigenvalue weighted by molar-refractivity contribution is 6.00. The molecule has 1 aliphatic heterocycles. The van der Waals surface area contributed by atoms with Gasteiger partial charge in [0.15, 0.2) is 0 Å². The molecule has 0 radical (unpaired) electrons. The van der Waals surface area contributed by atoms with Crippen molar-refractivity contribution in [3.05, 3.63) is 85.6 Å². The molecule has 0 bridgehead atoms. The Morgan fingerprint density at radius 3 is 2.51 bits per heavy atom. The number of para-hydroxylation sites is 1. The number of methoxy groups -OCH3 is 1. The minimum Gasteiger partial charge on any atom is -0.468 e. The number of carbonyl (C=O) groups is 2. The third kappa shape index (κ3) is 6.22. The van der Waals surface area contributed by atoms with Gasteiger partial charge in [0.05, 0.1) is 19.2 Å². The van der Waals surface area contributed by atoms with Crippen molar-refractivity contribution < 1.29 is 14.3 Å². The zero-order valence-electron chi connectivity index (χ0n) is 21.8. The highest BCUT2D eigenvalue weighted by Crippen LogP contribution is 2.30. The third-order valence-electron chi connectivity index (χ3n) is 6.68. The Morgan fingerprint density at radius 2 is 1.77 bits per heavy atom. The number of piperazine rings is 1. The van der Waals surface area contributed by atoms with Crippen LogP contribution in [0.2, 0.25) is 0 Å². The summed E-state index contributed by atoms with van der Waals surface area (Å²) in [7, 11) is 1.42. The van der Waals surface area contributed by atoms with Crippen LogP contribution in [0.4, 0.5) is 23.0 Å². The van der Waals surface area contributed by atoms with E-state index in [1.807, 2.05) is 54.6 Å².